The molecule has 0 aromatic carbocycles. The summed E-state index contributed by atoms with van der Waals surface area (Å²) in [5.74, 6) is 0. The van der Waals surface area contributed by atoms with Crippen molar-refractivity contribution in [3.8, 4) is 0 Å². The van der Waals surface area contributed by atoms with Gasteiger partial charge in [-0.05, 0) is 0 Å². The van der Waals surface area contributed by atoms with Crippen molar-refractivity contribution < 1.29 is 25.6 Å². The van der Waals surface area contributed by atoms with Crippen LogP contribution in [-0.2, 0) is 45.4 Å². The van der Waals surface area contributed by atoms with E-state index in [1.165, 1.54) is 0 Å². The molecule has 0 atom stereocenters. The minimum absolute atomic E-state index is 0.611. The van der Waals surface area contributed by atoms with Gasteiger partial charge in [-0.1, -0.05) is 0 Å². The molecule has 0 radical (unpaired) electrons. The van der Waals surface area contributed by atoms with Gasteiger partial charge in [0.1, 0.15) is 0 Å². The molecular weight excluding hydrogens is 426 g/mol. The molecule has 0 aliphatic carbocycles. The van der Waals surface area contributed by atoms with E-state index in [-0.39, 0.29) is 0 Å². The van der Waals surface area contributed by atoms with Crippen LogP contribution in [-0.4, -0.2) is 50.2 Å². The Morgan fingerprint density at radius 1 is 0.625 bits per heavy atom. The van der Waals surface area contributed by atoms with Crippen LogP contribution < -0.4 is 0 Å². The molecule has 0 saturated heterocycles. The summed E-state index contributed by atoms with van der Waals surface area (Å²) < 4.78 is 28.7. The van der Waals surface area contributed by atoms with Crippen molar-refractivity contribution in [2.24, 2.45) is 0 Å². The zero-order valence-corrected chi connectivity index (χ0v) is 16.3. The molecule has 0 bridgehead atoms. The molecule has 0 spiro atoms. The van der Waals surface area contributed by atoms with Gasteiger partial charge in [0.05, 0.1) is 0 Å². The molecule has 10 heteroatoms. The van der Waals surface area contributed by atoms with Gasteiger partial charge in [-0.2, -0.15) is 0 Å². The van der Waals surface area contributed by atoms with E-state index in [0.29, 0.717) is 0 Å². The van der Waals surface area contributed by atoms with Crippen molar-refractivity contribution in [2.75, 3.05) is 37.5 Å². The summed E-state index contributed by atoms with van der Waals surface area (Å²) in [5, 5.41) is 0. The minimum atomic E-state index is -1.66. The third-order valence-corrected chi connectivity index (χ3v) is 0. The fourth-order valence-electron chi connectivity index (χ4n) is 0. The van der Waals surface area contributed by atoms with E-state index < -0.39 is 45.4 Å². The van der Waals surface area contributed by atoms with Crippen molar-refractivity contribution in [3.63, 3.8) is 0 Å². The van der Waals surface area contributed by atoms with Crippen LogP contribution >= 0.6 is 29.1 Å². The van der Waals surface area contributed by atoms with Crippen LogP contribution in [0.15, 0.2) is 0 Å². The second-order valence-electron chi connectivity index (χ2n) is 2.37. The Morgan fingerprint density at radius 2 is 0.625 bits per heavy atom. The van der Waals surface area contributed by atoms with Gasteiger partial charge in [0, 0.05) is 69.9 Å². The van der Waals surface area contributed by atoms with Crippen LogP contribution in [0.4, 0.5) is 0 Å². The second kappa shape index (κ2) is 22.2. The zero-order valence-electron chi connectivity index (χ0n) is 9.92. The molecule has 0 aromatic heterocycles. The summed E-state index contributed by atoms with van der Waals surface area (Å²) >= 11 is -1.66. The van der Waals surface area contributed by atoms with Crippen molar-refractivity contribution in [1.29, 1.82) is 0 Å². The van der Waals surface area contributed by atoms with Crippen LogP contribution in [0.5, 0.6) is 0 Å². The van der Waals surface area contributed by atoms with Crippen LogP contribution in [0.1, 0.15) is 0 Å². The van der Waals surface area contributed by atoms with Crippen LogP contribution in [0.3, 0.4) is 0 Å². The van der Waals surface area contributed by atoms with Gasteiger partial charge >= 0.3 is 42.1 Å². The Hall–Kier alpha value is 1.94. The van der Waals surface area contributed by atoms with Crippen molar-refractivity contribution >= 4 is 61.5 Å². The average Bonchev–Trinajstić information content (AvgIpc) is 1.76. The van der Waals surface area contributed by atoms with Gasteiger partial charge in [-0.25, -0.2) is 0 Å². The summed E-state index contributed by atoms with van der Waals surface area (Å²) in [5.41, 5.74) is 0. The fourth-order valence-corrected chi connectivity index (χ4v) is 0. The quantitative estimate of drug-likeness (QED) is 0.539. The number of hydrogen-bond donors (Lipinski definition) is 0. The van der Waals surface area contributed by atoms with Crippen molar-refractivity contribution in [1.82, 2.24) is 0 Å². The van der Waals surface area contributed by atoms with E-state index in [1.807, 2.05) is 0 Å². The molecule has 0 aliphatic heterocycles. The topological polar surface area (TPSA) is 51.2 Å². The van der Waals surface area contributed by atoms with Crippen LogP contribution in [0.2, 0.25) is 0 Å². The summed E-state index contributed by atoms with van der Waals surface area (Å²) in [6.07, 6.45) is 9.83. The van der Waals surface area contributed by atoms with Crippen molar-refractivity contribution in [3.05, 3.63) is 0 Å². The normalized spacial score (nSPS) is 9.38. The maximum absolute atomic E-state index is 9.56. The Kier molecular flexibility index (Phi) is 36.7. The molecule has 0 N–H and O–H groups in total. The Labute approximate surface area is 123 Å². The molecule has 0 saturated carbocycles. The maximum atomic E-state index is 9.56. The molecule has 16 heavy (non-hydrogen) atoms. The molecule has 0 unspecified atom stereocenters. The third-order valence-electron chi connectivity index (χ3n) is 0. The van der Waals surface area contributed by atoms with Crippen LogP contribution in [0, 0.1) is 0 Å². The van der Waals surface area contributed by atoms with Crippen LogP contribution in [0.25, 0.3) is 0 Å². The number of halogens is 3. The summed E-state index contributed by atoms with van der Waals surface area (Å²) in [7, 11) is 13.0. The molecular formula is C6H18Cl3O3RhS3. The SMILES string of the molecule is CS(C)=O.CS(C)=O.CS(C)=O.[Cl][Rh]([Cl])[Cl]. The third kappa shape index (κ3) is 943. The van der Waals surface area contributed by atoms with E-state index in [4.69, 9.17) is 29.1 Å². The van der Waals surface area contributed by atoms with Gasteiger partial charge in [0.25, 0.3) is 0 Å². The van der Waals surface area contributed by atoms with Gasteiger partial charge in [0.2, 0.25) is 0 Å². The monoisotopic (exact) mass is 442 g/mol. The van der Waals surface area contributed by atoms with E-state index in [1.54, 1.807) is 37.5 Å². The molecule has 0 rings (SSSR count). The summed E-state index contributed by atoms with van der Waals surface area (Å²) in [6, 6.07) is 0. The average molecular weight is 444 g/mol. The molecule has 0 amide bonds. The molecule has 108 valence electrons. The Morgan fingerprint density at radius 3 is 0.625 bits per heavy atom. The standard InChI is InChI=1S/3C2H6OS.3ClH.Rh/c3*1-4(2)3;;;;/h3*1-2H3;3*1H;/q;;;;;;+3/p-3. The van der Waals surface area contributed by atoms with E-state index in [9.17, 15) is 12.6 Å². The predicted octanol–water partition coefficient (Wildman–Crippen LogP) is 2.05. The molecule has 0 aromatic rings. The zero-order chi connectivity index (χ0) is 14.3. The first kappa shape index (κ1) is 26.5. The summed E-state index contributed by atoms with van der Waals surface area (Å²) in [6.45, 7) is 0. The predicted molar refractivity (Wildman–Crippen MR) is 77.5 cm³/mol. The summed E-state index contributed by atoms with van der Waals surface area (Å²) in [4.78, 5) is 0. The van der Waals surface area contributed by atoms with Gasteiger partial charge in [-0.15, -0.1) is 0 Å². The second-order valence-corrected chi connectivity index (χ2v) is 14.3. The first-order chi connectivity index (χ1) is 6.93. The van der Waals surface area contributed by atoms with Crippen molar-refractivity contribution in [2.45, 2.75) is 0 Å². The Balaban J connectivity index is -0.0000000600. The van der Waals surface area contributed by atoms with Gasteiger partial charge < -0.3 is 0 Å². The fraction of sp³-hybridized carbons (Fsp3) is 1.00. The van der Waals surface area contributed by atoms with Gasteiger partial charge in [0.15, 0.2) is 0 Å². The van der Waals surface area contributed by atoms with Gasteiger partial charge in [-0.3, -0.25) is 12.6 Å². The molecule has 3 nitrogen and oxygen atoms in total. The number of rotatable bonds is 0. The first-order valence-corrected chi connectivity index (χ1v) is 15.6. The molecule has 0 aliphatic rings. The van der Waals surface area contributed by atoms with E-state index in [2.05, 4.69) is 0 Å². The first-order valence-electron chi connectivity index (χ1n) is 3.33. The molecule has 0 fully saturated rings. The molecule has 0 heterocycles. The number of hydrogen-bond acceptors (Lipinski definition) is 3. The van der Waals surface area contributed by atoms with E-state index >= 15 is 0 Å². The Bertz CT molecular complexity index is 161. The van der Waals surface area contributed by atoms with E-state index in [0.717, 1.165) is 0 Å².